The highest BCUT2D eigenvalue weighted by atomic mass is 31.2. The molecule has 0 rings (SSSR count). The molecule has 3 N–H and O–H groups in total. The topological polar surface area (TPSA) is 237 Å². The molecule has 0 aromatic heterocycles. The van der Waals surface area contributed by atoms with Gasteiger partial charge in [-0.25, -0.2) is 9.13 Å². The predicted molar refractivity (Wildman–Crippen MR) is 400 cm³/mol. The van der Waals surface area contributed by atoms with Gasteiger partial charge in [-0.3, -0.25) is 37.3 Å². The fourth-order valence-corrected chi connectivity index (χ4v) is 13.8. The van der Waals surface area contributed by atoms with Crippen molar-refractivity contribution in [2.24, 2.45) is 5.92 Å². The van der Waals surface area contributed by atoms with Crippen molar-refractivity contribution in [3.8, 4) is 0 Å². The standard InChI is InChI=1S/C79H154O17P2/c1-6-9-12-15-18-21-24-26-27-28-29-30-31-32-33-34-40-45-50-55-60-65-79(84)96-75(69-90-77(82)63-58-53-48-43-39-36-35-37-41-46-51-56-61-72(4)5)71-94-98(87,88)92-67-73(80)66-91-97(85,86)93-70-74(68-89-76(81)62-57-52-47-42-23-20-17-14-11-8-3)95-78(83)64-59-54-49-44-38-25-22-19-16-13-10-7-2/h72-75,80H,6-71H2,1-5H3,(H,85,86)(H,87,88)/t73-,74+,75+/m0/s1. The average Bonchev–Trinajstić information content (AvgIpc) is 1.19. The van der Waals surface area contributed by atoms with Gasteiger partial charge in [0.25, 0.3) is 0 Å². The number of aliphatic hydroxyl groups is 1. The fraction of sp³-hybridized carbons (Fsp3) is 0.949. The third-order valence-electron chi connectivity index (χ3n) is 18.5. The maximum absolute atomic E-state index is 13.1. The van der Waals surface area contributed by atoms with E-state index >= 15 is 0 Å². The number of carbonyl (C=O) groups excluding carboxylic acids is 4. The molecule has 0 aliphatic heterocycles. The normalized spacial score (nSPS) is 13.9. The van der Waals surface area contributed by atoms with E-state index in [1.807, 2.05) is 0 Å². The van der Waals surface area contributed by atoms with Crippen molar-refractivity contribution in [2.45, 2.75) is 438 Å². The summed E-state index contributed by atoms with van der Waals surface area (Å²) in [5.74, 6) is -1.33. The minimum Gasteiger partial charge on any atom is -0.462 e. The molecule has 0 saturated heterocycles. The van der Waals surface area contributed by atoms with Gasteiger partial charge in [0, 0.05) is 25.7 Å². The molecule has 0 aliphatic rings. The van der Waals surface area contributed by atoms with Crippen molar-refractivity contribution in [3.05, 3.63) is 0 Å². The molecule has 0 aromatic carbocycles. The van der Waals surface area contributed by atoms with Crippen molar-refractivity contribution in [1.29, 1.82) is 0 Å². The van der Waals surface area contributed by atoms with E-state index < -0.39 is 97.5 Å². The van der Waals surface area contributed by atoms with Crippen molar-refractivity contribution in [2.75, 3.05) is 39.6 Å². The quantitative estimate of drug-likeness (QED) is 0.0222. The summed E-state index contributed by atoms with van der Waals surface area (Å²) in [5.41, 5.74) is 0. The van der Waals surface area contributed by atoms with Crippen LogP contribution in [0.1, 0.15) is 420 Å². The Kier molecular flexibility index (Phi) is 70.6. The van der Waals surface area contributed by atoms with E-state index in [1.54, 1.807) is 0 Å². The molecule has 5 atom stereocenters. The van der Waals surface area contributed by atoms with Crippen LogP contribution in [0.25, 0.3) is 0 Å². The molecule has 98 heavy (non-hydrogen) atoms. The van der Waals surface area contributed by atoms with Crippen LogP contribution in [0.4, 0.5) is 0 Å². The van der Waals surface area contributed by atoms with Crippen molar-refractivity contribution in [3.63, 3.8) is 0 Å². The number of esters is 4. The number of ether oxygens (including phenoxy) is 4. The Balaban J connectivity index is 5.21. The third kappa shape index (κ3) is 72.4. The number of carbonyl (C=O) groups is 4. The van der Waals surface area contributed by atoms with Crippen molar-refractivity contribution in [1.82, 2.24) is 0 Å². The van der Waals surface area contributed by atoms with E-state index in [1.165, 1.54) is 244 Å². The average molecular weight is 1440 g/mol. The van der Waals surface area contributed by atoms with Crippen LogP contribution in [-0.2, 0) is 65.4 Å². The van der Waals surface area contributed by atoms with Crippen LogP contribution < -0.4 is 0 Å². The van der Waals surface area contributed by atoms with E-state index in [9.17, 15) is 43.2 Å². The Labute approximate surface area is 600 Å². The van der Waals surface area contributed by atoms with E-state index in [-0.39, 0.29) is 25.7 Å². The van der Waals surface area contributed by atoms with Gasteiger partial charge in [-0.2, -0.15) is 0 Å². The van der Waals surface area contributed by atoms with Crippen LogP contribution in [0.5, 0.6) is 0 Å². The summed E-state index contributed by atoms with van der Waals surface area (Å²) in [4.78, 5) is 72.9. The SMILES string of the molecule is CCCCCCCCCCCCCCCCCCCCCCCC(=O)O[C@H](COC(=O)CCCCCCCCCCCCCCC(C)C)COP(=O)(O)OC[C@@H](O)COP(=O)(O)OC[C@@H](COC(=O)CCCCCCCCCCCC)OC(=O)CCCCCCCCCCCCCC. The van der Waals surface area contributed by atoms with Gasteiger partial charge in [0.05, 0.1) is 26.4 Å². The van der Waals surface area contributed by atoms with Crippen LogP contribution in [-0.4, -0.2) is 96.7 Å². The Morgan fingerprint density at radius 3 is 0.694 bits per heavy atom. The van der Waals surface area contributed by atoms with Gasteiger partial charge in [0.2, 0.25) is 0 Å². The zero-order valence-corrected chi connectivity index (χ0v) is 65.7. The number of unbranched alkanes of at least 4 members (excludes halogenated alkanes) is 51. The van der Waals surface area contributed by atoms with Gasteiger partial charge in [-0.05, 0) is 31.6 Å². The lowest BCUT2D eigenvalue weighted by molar-refractivity contribution is -0.161. The first-order valence-corrected chi connectivity index (χ1v) is 44.1. The largest absolute Gasteiger partial charge is 0.472 e. The summed E-state index contributed by atoms with van der Waals surface area (Å²) >= 11 is 0. The zero-order chi connectivity index (χ0) is 71.9. The Morgan fingerprint density at radius 1 is 0.276 bits per heavy atom. The first-order valence-electron chi connectivity index (χ1n) is 41.1. The maximum Gasteiger partial charge on any atom is 0.472 e. The van der Waals surface area contributed by atoms with Gasteiger partial charge in [0.1, 0.15) is 19.3 Å². The summed E-state index contributed by atoms with van der Waals surface area (Å²) in [5, 5.41) is 10.6. The number of aliphatic hydroxyl groups excluding tert-OH is 1. The molecule has 0 saturated carbocycles. The van der Waals surface area contributed by atoms with Crippen LogP contribution in [0.15, 0.2) is 0 Å². The van der Waals surface area contributed by atoms with Crippen molar-refractivity contribution >= 4 is 39.5 Å². The molecule has 582 valence electrons. The second-order valence-electron chi connectivity index (χ2n) is 28.9. The molecular formula is C79H154O17P2. The number of rotatable bonds is 79. The second kappa shape index (κ2) is 72.0. The monoisotopic (exact) mass is 1440 g/mol. The lowest BCUT2D eigenvalue weighted by Crippen LogP contribution is -2.30. The number of phosphoric ester groups is 2. The summed E-state index contributed by atoms with van der Waals surface area (Å²) < 4.78 is 68.6. The van der Waals surface area contributed by atoms with Gasteiger partial charge >= 0.3 is 39.5 Å². The summed E-state index contributed by atoms with van der Waals surface area (Å²) in [7, 11) is -9.91. The van der Waals surface area contributed by atoms with Gasteiger partial charge in [0.15, 0.2) is 12.2 Å². The Bertz CT molecular complexity index is 1870. The third-order valence-corrected chi connectivity index (χ3v) is 20.4. The molecule has 0 bridgehead atoms. The first-order chi connectivity index (χ1) is 47.5. The predicted octanol–water partition coefficient (Wildman–Crippen LogP) is 23.6. The Hall–Kier alpha value is -1.94. The van der Waals surface area contributed by atoms with E-state index in [4.69, 9.17) is 37.0 Å². The van der Waals surface area contributed by atoms with Crippen LogP contribution in [0.3, 0.4) is 0 Å². The van der Waals surface area contributed by atoms with Gasteiger partial charge < -0.3 is 33.8 Å². The summed E-state index contributed by atoms with van der Waals surface area (Å²) in [6.07, 6.45) is 62.4. The maximum atomic E-state index is 13.1. The highest BCUT2D eigenvalue weighted by Gasteiger charge is 2.30. The minimum atomic E-state index is -4.96. The van der Waals surface area contributed by atoms with Gasteiger partial charge in [-0.15, -0.1) is 0 Å². The second-order valence-corrected chi connectivity index (χ2v) is 31.8. The summed E-state index contributed by atoms with van der Waals surface area (Å²) in [6, 6.07) is 0. The summed E-state index contributed by atoms with van der Waals surface area (Å²) in [6.45, 7) is 7.32. The molecule has 19 heteroatoms. The molecule has 0 spiro atoms. The lowest BCUT2D eigenvalue weighted by atomic mass is 10.0. The van der Waals surface area contributed by atoms with E-state index in [0.717, 1.165) is 95.8 Å². The molecule has 0 heterocycles. The minimum absolute atomic E-state index is 0.108. The molecular weight excluding hydrogens is 1280 g/mol. The molecule has 17 nitrogen and oxygen atoms in total. The number of hydrogen-bond donors (Lipinski definition) is 3. The molecule has 0 aromatic rings. The lowest BCUT2D eigenvalue weighted by Gasteiger charge is -2.21. The molecule has 0 aliphatic carbocycles. The Morgan fingerprint density at radius 2 is 0.469 bits per heavy atom. The van der Waals surface area contributed by atoms with Crippen LogP contribution in [0.2, 0.25) is 0 Å². The van der Waals surface area contributed by atoms with Gasteiger partial charge in [-0.1, -0.05) is 369 Å². The first kappa shape index (κ1) is 96.1. The number of phosphoric acid groups is 2. The van der Waals surface area contributed by atoms with Crippen molar-refractivity contribution < 1.29 is 80.2 Å². The smallest absolute Gasteiger partial charge is 0.462 e. The number of hydrogen-bond acceptors (Lipinski definition) is 15. The molecule has 0 amide bonds. The molecule has 2 unspecified atom stereocenters. The molecule has 0 fully saturated rings. The zero-order valence-electron chi connectivity index (χ0n) is 63.9. The van der Waals surface area contributed by atoms with E-state index in [2.05, 4.69) is 34.6 Å². The highest BCUT2D eigenvalue weighted by Crippen LogP contribution is 2.45. The van der Waals surface area contributed by atoms with E-state index in [0.29, 0.717) is 25.7 Å². The van der Waals surface area contributed by atoms with Crippen LogP contribution in [0, 0.1) is 5.92 Å². The molecule has 0 radical (unpaired) electrons. The fourth-order valence-electron chi connectivity index (χ4n) is 12.2. The van der Waals surface area contributed by atoms with Crippen LogP contribution >= 0.6 is 15.6 Å². The highest BCUT2D eigenvalue weighted by molar-refractivity contribution is 7.47.